The summed E-state index contributed by atoms with van der Waals surface area (Å²) in [6.45, 7) is 6.98. The van der Waals surface area contributed by atoms with Gasteiger partial charge in [0.25, 0.3) is 0 Å². The van der Waals surface area contributed by atoms with Gasteiger partial charge in [0.1, 0.15) is 6.29 Å². The topological polar surface area (TPSA) is 22.0 Å². The highest BCUT2D eigenvalue weighted by Crippen LogP contribution is 2.28. The molecule has 0 aliphatic carbocycles. The number of nitrogens with zero attached hydrogens (tertiary/aromatic N) is 1. The molecule has 2 heteroatoms. The average Bonchev–Trinajstić information content (AvgIpc) is 2.81. The van der Waals surface area contributed by atoms with Gasteiger partial charge in [-0.2, -0.15) is 0 Å². The van der Waals surface area contributed by atoms with Crippen molar-refractivity contribution in [2.45, 2.75) is 0 Å². The summed E-state index contributed by atoms with van der Waals surface area (Å²) in [4.78, 5) is 9.06. The predicted octanol–water partition coefficient (Wildman–Crippen LogP) is 4.27. The molecule has 0 unspecified atom stereocenters. The lowest BCUT2D eigenvalue weighted by Gasteiger charge is -1.97. The van der Waals surface area contributed by atoms with Gasteiger partial charge in [0, 0.05) is 17.0 Å². The van der Waals surface area contributed by atoms with E-state index in [2.05, 4.69) is 66.3 Å². The number of fused-ring (bicyclic) bond motifs is 3. The van der Waals surface area contributed by atoms with Crippen LogP contribution in [0.25, 0.3) is 28.0 Å². The largest absolute Gasteiger partial charge is 0.317 e. The molecule has 0 N–H and O–H groups in total. The van der Waals surface area contributed by atoms with E-state index < -0.39 is 0 Å². The lowest BCUT2D eigenvalue weighted by atomic mass is 10.2. The molecule has 0 fully saturated rings. The van der Waals surface area contributed by atoms with Gasteiger partial charge in [0.2, 0.25) is 0 Å². The first-order valence-corrected chi connectivity index (χ1v) is 6.00. The van der Waals surface area contributed by atoms with Crippen molar-refractivity contribution >= 4 is 34.3 Å². The molecule has 2 aromatic carbocycles. The fourth-order valence-electron chi connectivity index (χ4n) is 2.15. The number of carbonyl (C=O) groups is 1. The molecule has 3 rings (SSSR count). The van der Waals surface area contributed by atoms with E-state index in [1.165, 1.54) is 27.9 Å². The lowest BCUT2D eigenvalue weighted by Crippen LogP contribution is -1.82. The smallest absolute Gasteiger partial charge is 0.142 e. The van der Waals surface area contributed by atoms with E-state index >= 15 is 0 Å². The Morgan fingerprint density at radius 1 is 0.842 bits per heavy atom. The van der Waals surface area contributed by atoms with Gasteiger partial charge in [-0.3, -0.25) is 4.79 Å². The van der Waals surface area contributed by atoms with Crippen LogP contribution in [0.1, 0.15) is 0 Å². The second-order valence-electron chi connectivity index (χ2n) is 3.96. The van der Waals surface area contributed by atoms with Crippen molar-refractivity contribution < 1.29 is 4.79 Å². The molecule has 0 bridgehead atoms. The van der Waals surface area contributed by atoms with Crippen molar-refractivity contribution in [1.82, 2.24) is 4.57 Å². The van der Waals surface area contributed by atoms with Crippen LogP contribution in [0.3, 0.4) is 0 Å². The third kappa shape index (κ3) is 2.33. The van der Waals surface area contributed by atoms with Crippen LogP contribution < -0.4 is 0 Å². The Bertz CT molecular complexity index is 678. The van der Waals surface area contributed by atoms with Gasteiger partial charge in [-0.1, -0.05) is 49.6 Å². The van der Waals surface area contributed by atoms with E-state index in [0.717, 1.165) is 0 Å². The van der Waals surface area contributed by atoms with Gasteiger partial charge in [0.05, 0.1) is 11.0 Å². The molecular weight excluding hydrogens is 234 g/mol. The first-order valence-electron chi connectivity index (χ1n) is 6.00. The summed E-state index contributed by atoms with van der Waals surface area (Å²) < 4.78 is 2.13. The minimum Gasteiger partial charge on any atom is -0.317 e. The molecule has 0 radical (unpaired) electrons. The zero-order chi connectivity index (χ0) is 13.7. The number of hydrogen-bond donors (Lipinski definition) is 0. The molecule has 0 saturated carbocycles. The first-order chi connectivity index (χ1) is 9.33. The summed E-state index contributed by atoms with van der Waals surface area (Å²) in [5.41, 5.74) is 2.43. The molecule has 3 aromatic rings. The second-order valence-corrected chi connectivity index (χ2v) is 3.96. The van der Waals surface area contributed by atoms with Gasteiger partial charge in [-0.25, -0.2) is 0 Å². The van der Waals surface area contributed by atoms with E-state index in [1.54, 1.807) is 0 Å². The number of para-hydroxylation sites is 2. The van der Waals surface area contributed by atoms with Crippen LogP contribution in [-0.4, -0.2) is 10.9 Å². The normalized spacial score (nSPS) is 9.68. The summed E-state index contributed by atoms with van der Waals surface area (Å²) in [6.07, 6.45) is 3.70. The van der Waals surface area contributed by atoms with E-state index in [0.29, 0.717) is 6.29 Å². The monoisotopic (exact) mass is 249 g/mol. The predicted molar refractivity (Wildman–Crippen MR) is 82.1 cm³/mol. The summed E-state index contributed by atoms with van der Waals surface area (Å²) in [5, 5.41) is 2.57. The third-order valence-corrected chi connectivity index (χ3v) is 2.90. The average molecular weight is 249 g/mol. The molecular formula is C17H15NO. The van der Waals surface area contributed by atoms with Crippen molar-refractivity contribution in [2.75, 3.05) is 0 Å². The van der Waals surface area contributed by atoms with Crippen LogP contribution in [0.15, 0.2) is 67.8 Å². The van der Waals surface area contributed by atoms with Gasteiger partial charge in [0.15, 0.2) is 0 Å². The highest BCUT2D eigenvalue weighted by Gasteiger charge is 2.06. The van der Waals surface area contributed by atoms with Crippen molar-refractivity contribution in [3.05, 3.63) is 67.8 Å². The molecule has 1 aromatic heterocycles. The first kappa shape index (κ1) is 12.8. The fraction of sp³-hybridized carbons (Fsp3) is 0. The van der Waals surface area contributed by atoms with Gasteiger partial charge >= 0.3 is 0 Å². The summed E-state index contributed by atoms with van der Waals surface area (Å²) in [7, 11) is 0. The van der Waals surface area contributed by atoms with Gasteiger partial charge < -0.3 is 4.57 Å². The number of aldehydes is 1. The van der Waals surface area contributed by atoms with E-state index in [9.17, 15) is 0 Å². The van der Waals surface area contributed by atoms with Crippen molar-refractivity contribution in [3.8, 4) is 0 Å². The number of allylic oxidation sites excluding steroid dienone is 1. The standard InChI is InChI=1S/C14H11N.C3H4O/c1-2-15-13-9-5-3-7-11(13)12-8-4-6-10-14(12)15;1-2-3-4/h2-10H,1H2;2-3H,1H2. The highest BCUT2D eigenvalue weighted by atomic mass is 16.1. The Kier molecular flexibility index (Phi) is 3.94. The molecule has 0 atom stereocenters. The lowest BCUT2D eigenvalue weighted by molar-refractivity contribution is -0.104. The highest BCUT2D eigenvalue weighted by molar-refractivity contribution is 6.09. The number of carbonyl (C=O) groups excluding carboxylic acids is 1. The van der Waals surface area contributed by atoms with E-state index in [4.69, 9.17) is 4.79 Å². The van der Waals surface area contributed by atoms with E-state index in [1.807, 2.05) is 6.20 Å². The van der Waals surface area contributed by atoms with E-state index in [-0.39, 0.29) is 0 Å². The van der Waals surface area contributed by atoms with Crippen LogP contribution >= 0.6 is 0 Å². The minimum absolute atomic E-state index is 0.639. The Morgan fingerprint density at radius 3 is 1.63 bits per heavy atom. The second kappa shape index (κ2) is 5.83. The molecule has 1 heterocycles. The van der Waals surface area contributed by atoms with Crippen LogP contribution in [0, 0.1) is 0 Å². The fourth-order valence-corrected chi connectivity index (χ4v) is 2.15. The Labute approximate surface area is 112 Å². The molecule has 0 aliphatic heterocycles. The number of benzene rings is 2. The van der Waals surface area contributed by atoms with Crippen LogP contribution in [0.4, 0.5) is 0 Å². The minimum atomic E-state index is 0.639. The molecule has 94 valence electrons. The zero-order valence-corrected chi connectivity index (χ0v) is 10.6. The van der Waals surface area contributed by atoms with Crippen molar-refractivity contribution in [1.29, 1.82) is 0 Å². The van der Waals surface area contributed by atoms with Gasteiger partial charge in [-0.15, -0.1) is 0 Å². The van der Waals surface area contributed by atoms with Crippen LogP contribution in [-0.2, 0) is 4.79 Å². The van der Waals surface area contributed by atoms with Gasteiger partial charge in [-0.05, 0) is 18.2 Å². The Morgan fingerprint density at radius 2 is 1.26 bits per heavy atom. The third-order valence-electron chi connectivity index (χ3n) is 2.90. The quantitative estimate of drug-likeness (QED) is 0.491. The molecule has 0 aliphatic rings. The molecule has 2 nitrogen and oxygen atoms in total. The summed E-state index contributed by atoms with van der Waals surface area (Å²) in [5.74, 6) is 0. The molecule has 0 amide bonds. The number of hydrogen-bond acceptors (Lipinski definition) is 1. The maximum Gasteiger partial charge on any atom is 0.142 e. The number of aromatic nitrogens is 1. The van der Waals surface area contributed by atoms with Crippen molar-refractivity contribution in [3.63, 3.8) is 0 Å². The molecule has 19 heavy (non-hydrogen) atoms. The maximum absolute atomic E-state index is 9.06. The summed E-state index contributed by atoms with van der Waals surface area (Å²) >= 11 is 0. The SMILES string of the molecule is C=CC=O.C=Cn1c2ccccc2c2ccccc21. The van der Waals surface area contributed by atoms with Crippen molar-refractivity contribution in [2.24, 2.45) is 0 Å². The number of rotatable bonds is 2. The molecule has 0 saturated heterocycles. The van der Waals surface area contributed by atoms with Crippen LogP contribution in [0.2, 0.25) is 0 Å². The Hall–Kier alpha value is -2.61. The zero-order valence-electron chi connectivity index (χ0n) is 10.6. The van der Waals surface area contributed by atoms with Crippen LogP contribution in [0.5, 0.6) is 0 Å². The summed E-state index contributed by atoms with van der Waals surface area (Å²) in [6, 6.07) is 16.8. The Balaban J connectivity index is 0.000000297. The molecule has 0 spiro atoms. The maximum atomic E-state index is 9.06.